The molecule has 2 nitrogen and oxygen atoms in total. The lowest BCUT2D eigenvalue weighted by Gasteiger charge is -2.35. The predicted octanol–water partition coefficient (Wildman–Crippen LogP) is 4.26. The van der Waals surface area contributed by atoms with Crippen molar-refractivity contribution in [3.05, 3.63) is 34.3 Å². The predicted molar refractivity (Wildman–Crippen MR) is 74.3 cm³/mol. The molecule has 1 fully saturated rings. The van der Waals surface area contributed by atoms with E-state index in [1.807, 2.05) is 0 Å². The van der Waals surface area contributed by atoms with Crippen LogP contribution in [0, 0.1) is 0 Å². The molecule has 0 amide bonds. The highest BCUT2D eigenvalue weighted by Crippen LogP contribution is 2.39. The van der Waals surface area contributed by atoms with Gasteiger partial charge in [-0.05, 0) is 17.7 Å². The third-order valence-electron chi connectivity index (χ3n) is 3.70. The molecule has 1 saturated heterocycles. The quantitative estimate of drug-likeness (QED) is 0.810. The summed E-state index contributed by atoms with van der Waals surface area (Å²) in [6.45, 7) is 1.84. The molecule has 1 atom stereocenters. The Hall–Kier alpha value is -0.990. The second-order valence-electron chi connectivity index (χ2n) is 5.36. The topological polar surface area (TPSA) is 15.3 Å². The molecular weight excluding hydrogens is 346 g/mol. The van der Waals surface area contributed by atoms with Crippen LogP contribution in [0.1, 0.15) is 23.6 Å². The van der Waals surface area contributed by atoms with E-state index in [2.05, 4.69) is 5.32 Å². The first kappa shape index (κ1) is 18.4. The fraction of sp³-hybridized carbons (Fsp3) is 0.571. The number of nitrogens with one attached hydrogen (secondary N) is 1. The Labute approximate surface area is 134 Å². The zero-order chi connectivity index (χ0) is 17.3. The van der Waals surface area contributed by atoms with Crippen molar-refractivity contribution < 1.29 is 26.3 Å². The van der Waals surface area contributed by atoms with Crippen LogP contribution in [0.4, 0.5) is 26.3 Å². The maximum absolute atomic E-state index is 12.9. The summed E-state index contributed by atoms with van der Waals surface area (Å²) in [5, 5.41) is 2.44. The Morgan fingerprint density at radius 3 is 2.17 bits per heavy atom. The lowest BCUT2D eigenvalue weighted by Crippen LogP contribution is -2.46. The summed E-state index contributed by atoms with van der Waals surface area (Å²) in [4.78, 5) is 1.61. The number of hydrogen-bond acceptors (Lipinski definition) is 2. The van der Waals surface area contributed by atoms with Gasteiger partial charge in [0.15, 0.2) is 0 Å². The van der Waals surface area contributed by atoms with Gasteiger partial charge in [0.1, 0.15) is 0 Å². The van der Waals surface area contributed by atoms with Gasteiger partial charge < -0.3 is 5.32 Å². The van der Waals surface area contributed by atoms with E-state index in [0.717, 1.165) is 18.2 Å². The first-order valence-electron chi connectivity index (χ1n) is 6.96. The van der Waals surface area contributed by atoms with Crippen molar-refractivity contribution in [2.75, 3.05) is 26.2 Å². The van der Waals surface area contributed by atoms with Crippen LogP contribution in [0.2, 0.25) is 5.02 Å². The Bertz CT molecular complexity index is 537. The van der Waals surface area contributed by atoms with Gasteiger partial charge >= 0.3 is 12.4 Å². The zero-order valence-electron chi connectivity index (χ0n) is 11.9. The van der Waals surface area contributed by atoms with Gasteiger partial charge in [-0.1, -0.05) is 17.7 Å². The molecule has 0 unspecified atom stereocenters. The van der Waals surface area contributed by atoms with Crippen molar-refractivity contribution in [2.45, 2.75) is 24.8 Å². The van der Waals surface area contributed by atoms with Gasteiger partial charge in [0, 0.05) is 32.2 Å². The van der Waals surface area contributed by atoms with Crippen LogP contribution >= 0.6 is 11.6 Å². The Morgan fingerprint density at radius 1 is 1.09 bits per heavy atom. The first-order valence-corrected chi connectivity index (χ1v) is 7.34. The molecule has 0 bridgehead atoms. The summed E-state index contributed by atoms with van der Waals surface area (Å²) < 4.78 is 76.8. The Morgan fingerprint density at radius 2 is 1.70 bits per heavy atom. The van der Waals surface area contributed by atoms with Crippen LogP contribution in [0.3, 0.4) is 0 Å². The zero-order valence-corrected chi connectivity index (χ0v) is 12.7. The Kier molecular flexibility index (Phi) is 5.48. The van der Waals surface area contributed by atoms with Crippen molar-refractivity contribution in [3.8, 4) is 0 Å². The molecule has 0 radical (unpaired) electrons. The van der Waals surface area contributed by atoms with E-state index in [1.165, 1.54) is 0 Å². The van der Waals surface area contributed by atoms with E-state index in [9.17, 15) is 26.3 Å². The van der Waals surface area contributed by atoms with Gasteiger partial charge in [0.05, 0.1) is 17.0 Å². The number of nitrogens with zero attached hydrogens (tertiary/aromatic N) is 1. The van der Waals surface area contributed by atoms with Crippen molar-refractivity contribution >= 4 is 11.6 Å². The Balaban J connectivity index is 2.33. The van der Waals surface area contributed by atoms with Gasteiger partial charge in [-0.25, -0.2) is 0 Å². The number of benzene rings is 1. The highest BCUT2D eigenvalue weighted by molar-refractivity contribution is 6.31. The maximum atomic E-state index is 12.9. The average Bonchev–Trinajstić information content (AvgIpc) is 2.43. The van der Waals surface area contributed by atoms with E-state index in [-0.39, 0.29) is 5.56 Å². The molecule has 1 aliphatic rings. The van der Waals surface area contributed by atoms with Crippen LogP contribution in [-0.4, -0.2) is 37.3 Å². The summed E-state index contributed by atoms with van der Waals surface area (Å²) in [5.41, 5.74) is -0.906. The SMILES string of the molecule is FC(F)(F)C[C@H](c1ccc(C(F)(F)F)c(Cl)c1)N1CCNCC1. The largest absolute Gasteiger partial charge is 0.417 e. The molecule has 0 aliphatic carbocycles. The molecule has 0 spiro atoms. The van der Waals surface area contributed by atoms with Crippen LogP contribution in [-0.2, 0) is 6.18 Å². The molecule has 2 rings (SSSR count). The fourth-order valence-electron chi connectivity index (χ4n) is 2.64. The van der Waals surface area contributed by atoms with Gasteiger partial charge in [-0.3, -0.25) is 4.90 Å². The van der Waals surface area contributed by atoms with Crippen LogP contribution < -0.4 is 5.32 Å². The van der Waals surface area contributed by atoms with Crippen LogP contribution in [0.25, 0.3) is 0 Å². The normalized spacial score (nSPS) is 18.9. The van der Waals surface area contributed by atoms with Crippen LogP contribution in [0.15, 0.2) is 18.2 Å². The molecular formula is C14H15ClF6N2. The summed E-state index contributed by atoms with van der Waals surface area (Å²) in [7, 11) is 0. The molecule has 23 heavy (non-hydrogen) atoms. The third kappa shape index (κ3) is 4.99. The molecule has 1 aromatic carbocycles. The van der Waals surface area contributed by atoms with Crippen LogP contribution in [0.5, 0.6) is 0 Å². The standard InChI is InChI=1S/C14H15ClF6N2/c15-11-7-9(1-2-10(11)14(19,20)21)12(8-13(16,17)18)23-5-3-22-4-6-23/h1-2,7,12,22H,3-6,8H2/t12-/m1/s1. The average molecular weight is 361 g/mol. The molecule has 130 valence electrons. The first-order chi connectivity index (χ1) is 10.6. The second kappa shape index (κ2) is 6.86. The summed E-state index contributed by atoms with van der Waals surface area (Å²) >= 11 is 5.64. The summed E-state index contributed by atoms with van der Waals surface area (Å²) in [6, 6.07) is 1.76. The van der Waals surface area contributed by atoms with Crippen molar-refractivity contribution in [1.29, 1.82) is 0 Å². The number of halogens is 7. The highest BCUT2D eigenvalue weighted by Gasteiger charge is 2.37. The molecule has 0 aromatic heterocycles. The minimum Gasteiger partial charge on any atom is -0.314 e. The monoisotopic (exact) mass is 360 g/mol. The minimum atomic E-state index is -4.63. The molecule has 9 heteroatoms. The van der Waals surface area contributed by atoms with E-state index >= 15 is 0 Å². The van der Waals surface area contributed by atoms with E-state index in [0.29, 0.717) is 26.2 Å². The lowest BCUT2D eigenvalue weighted by molar-refractivity contribution is -0.149. The molecule has 1 aromatic rings. The number of piperazine rings is 1. The summed E-state index contributed by atoms with van der Waals surface area (Å²) in [5.74, 6) is 0. The van der Waals surface area contributed by atoms with E-state index in [4.69, 9.17) is 11.6 Å². The van der Waals surface area contributed by atoms with E-state index < -0.39 is 35.4 Å². The summed E-state index contributed by atoms with van der Waals surface area (Å²) in [6.07, 6.45) is -10.2. The minimum absolute atomic E-state index is 0.141. The third-order valence-corrected chi connectivity index (χ3v) is 4.01. The van der Waals surface area contributed by atoms with Crippen molar-refractivity contribution in [3.63, 3.8) is 0 Å². The number of hydrogen-bond donors (Lipinski definition) is 1. The maximum Gasteiger partial charge on any atom is 0.417 e. The molecule has 1 aliphatic heterocycles. The van der Waals surface area contributed by atoms with Gasteiger partial charge in [-0.15, -0.1) is 0 Å². The smallest absolute Gasteiger partial charge is 0.314 e. The van der Waals surface area contributed by atoms with E-state index in [1.54, 1.807) is 4.90 Å². The number of rotatable bonds is 3. The second-order valence-corrected chi connectivity index (χ2v) is 5.77. The fourth-order valence-corrected chi connectivity index (χ4v) is 2.94. The molecule has 0 saturated carbocycles. The van der Waals surface area contributed by atoms with Gasteiger partial charge in [0.25, 0.3) is 0 Å². The van der Waals surface area contributed by atoms with Gasteiger partial charge in [0.2, 0.25) is 0 Å². The van der Waals surface area contributed by atoms with Crippen molar-refractivity contribution in [1.82, 2.24) is 10.2 Å². The number of alkyl halides is 6. The molecule has 1 N–H and O–H groups in total. The van der Waals surface area contributed by atoms with Crippen molar-refractivity contribution in [2.24, 2.45) is 0 Å². The molecule has 1 heterocycles. The lowest BCUT2D eigenvalue weighted by atomic mass is 9.99. The highest BCUT2D eigenvalue weighted by atomic mass is 35.5. The van der Waals surface area contributed by atoms with Gasteiger partial charge in [-0.2, -0.15) is 26.3 Å².